The van der Waals surface area contributed by atoms with Crippen molar-refractivity contribution in [2.75, 3.05) is 28.6 Å². The van der Waals surface area contributed by atoms with Gasteiger partial charge in [0.15, 0.2) is 11.6 Å². The average Bonchev–Trinajstić information content (AvgIpc) is 3.29. The van der Waals surface area contributed by atoms with E-state index < -0.39 is 17.5 Å². The second-order valence-corrected chi connectivity index (χ2v) is 8.82. The third-order valence-electron chi connectivity index (χ3n) is 6.53. The van der Waals surface area contributed by atoms with Gasteiger partial charge < -0.3 is 24.7 Å². The van der Waals surface area contributed by atoms with Crippen molar-refractivity contribution < 1.29 is 22.8 Å². The molecule has 2 fully saturated rings. The quantitative estimate of drug-likeness (QED) is 0.523. The van der Waals surface area contributed by atoms with Gasteiger partial charge >= 0.3 is 17.8 Å². The van der Waals surface area contributed by atoms with E-state index in [2.05, 4.69) is 30.7 Å². The van der Waals surface area contributed by atoms with Crippen LogP contribution in [0.3, 0.4) is 0 Å². The Kier molecular flexibility index (Phi) is 5.68. The molecule has 176 valence electrons. The lowest BCUT2D eigenvalue weighted by Gasteiger charge is -2.51. The van der Waals surface area contributed by atoms with Crippen LogP contribution in [0.25, 0.3) is 0 Å². The molecule has 9 nitrogen and oxygen atoms in total. The summed E-state index contributed by atoms with van der Waals surface area (Å²) in [4.78, 5) is 30.0. The predicted molar refractivity (Wildman–Crippen MR) is 119 cm³/mol. The van der Waals surface area contributed by atoms with Crippen LogP contribution in [0.2, 0.25) is 0 Å². The Morgan fingerprint density at radius 2 is 1.85 bits per heavy atom. The smallest absolute Gasteiger partial charge is 0.320 e. The lowest BCUT2D eigenvalue weighted by Crippen LogP contribution is -2.47. The third kappa shape index (κ3) is 4.45. The molecule has 2 aromatic heterocycles. The second-order valence-electron chi connectivity index (χ2n) is 8.82. The number of halogens is 2. The van der Waals surface area contributed by atoms with Crippen molar-refractivity contribution in [3.63, 3.8) is 0 Å². The summed E-state index contributed by atoms with van der Waals surface area (Å²) in [5.41, 5.74) is 0.973. The first kappa shape index (κ1) is 21.9. The fourth-order valence-electron chi connectivity index (χ4n) is 4.66. The molecule has 0 unspecified atom stereocenters. The van der Waals surface area contributed by atoms with E-state index in [9.17, 15) is 18.4 Å². The highest BCUT2D eigenvalue weighted by molar-refractivity contribution is 6.00. The highest BCUT2D eigenvalue weighted by Crippen LogP contribution is 2.52. The molecule has 0 radical (unpaired) electrons. The lowest BCUT2D eigenvalue weighted by molar-refractivity contribution is -0.118. The number of hydrogen-bond donors (Lipinski definition) is 2. The Morgan fingerprint density at radius 1 is 1.09 bits per heavy atom. The van der Waals surface area contributed by atoms with Crippen LogP contribution in [0.4, 0.5) is 32.0 Å². The van der Waals surface area contributed by atoms with E-state index >= 15 is 0 Å². The van der Waals surface area contributed by atoms with Gasteiger partial charge in [-0.3, -0.25) is 4.79 Å². The van der Waals surface area contributed by atoms with Crippen LogP contribution in [-0.4, -0.2) is 40.5 Å². The van der Waals surface area contributed by atoms with Gasteiger partial charge in [-0.1, -0.05) is 5.10 Å². The molecule has 3 aromatic rings. The number of carbonyl (C=O) groups excluding carboxylic acids is 2. The topological polar surface area (TPSA) is 113 Å². The summed E-state index contributed by atoms with van der Waals surface area (Å²) in [5.74, 6) is -1.89. The van der Waals surface area contributed by atoms with Crippen LogP contribution in [0.15, 0.2) is 40.9 Å². The standard InChI is InChI=1S/C23H22F2N6O3/c24-17-3-1-15(9-18(17)25)28-22-30-29-21(34-22)20(33)27-16-2-4-19(26-12-16)31-7-5-23(6-8-31)10-14(11-23)13-32/h1-4,9,12-14H,5-8,10-11H2,(H,27,33)(H,28,30). The molecule has 5 rings (SSSR count). The minimum Gasteiger partial charge on any atom is -0.399 e. The minimum absolute atomic E-state index is 0.140. The van der Waals surface area contributed by atoms with E-state index in [1.807, 2.05) is 6.07 Å². The van der Waals surface area contributed by atoms with Crippen molar-refractivity contribution in [1.29, 1.82) is 0 Å². The lowest BCUT2D eigenvalue weighted by atomic mass is 9.58. The van der Waals surface area contributed by atoms with E-state index in [-0.39, 0.29) is 23.5 Å². The molecule has 2 aliphatic rings. The summed E-state index contributed by atoms with van der Waals surface area (Å²) in [6.45, 7) is 1.78. The summed E-state index contributed by atoms with van der Waals surface area (Å²) in [6.07, 6.45) is 6.72. The summed E-state index contributed by atoms with van der Waals surface area (Å²) >= 11 is 0. The fraction of sp³-hybridized carbons (Fsp3) is 0.348. The molecule has 1 spiro atoms. The predicted octanol–water partition coefficient (Wildman–Crippen LogP) is 3.93. The molecule has 0 bridgehead atoms. The van der Waals surface area contributed by atoms with Gasteiger partial charge in [0.05, 0.1) is 11.9 Å². The number of nitrogens with zero attached hydrogens (tertiary/aromatic N) is 4. The first-order chi connectivity index (χ1) is 16.4. The highest BCUT2D eigenvalue weighted by atomic mass is 19.2. The number of benzene rings is 1. The van der Waals surface area contributed by atoms with Gasteiger partial charge in [0.25, 0.3) is 0 Å². The molecule has 1 aromatic carbocycles. The largest absolute Gasteiger partial charge is 0.399 e. The maximum Gasteiger partial charge on any atom is 0.320 e. The molecule has 1 amide bonds. The van der Waals surface area contributed by atoms with Gasteiger partial charge in [0, 0.05) is 30.8 Å². The van der Waals surface area contributed by atoms with Gasteiger partial charge in [0.1, 0.15) is 12.1 Å². The van der Waals surface area contributed by atoms with E-state index in [1.54, 1.807) is 12.3 Å². The third-order valence-corrected chi connectivity index (χ3v) is 6.53. The Bertz CT molecular complexity index is 1200. The molecule has 3 heterocycles. The zero-order valence-corrected chi connectivity index (χ0v) is 18.1. The van der Waals surface area contributed by atoms with Gasteiger partial charge in [-0.2, -0.15) is 0 Å². The number of piperidine rings is 1. The van der Waals surface area contributed by atoms with Gasteiger partial charge in [-0.15, -0.1) is 5.10 Å². The monoisotopic (exact) mass is 468 g/mol. The van der Waals surface area contributed by atoms with Crippen molar-refractivity contribution >= 4 is 35.4 Å². The molecule has 11 heteroatoms. The summed E-state index contributed by atoms with van der Waals surface area (Å²) < 4.78 is 31.6. The van der Waals surface area contributed by atoms with Crippen molar-refractivity contribution in [1.82, 2.24) is 15.2 Å². The highest BCUT2D eigenvalue weighted by Gasteiger charge is 2.45. The SMILES string of the molecule is O=CC1CC2(CCN(c3ccc(NC(=O)c4nnc(Nc5ccc(F)c(F)c5)o4)cn3)CC2)C1. The van der Waals surface area contributed by atoms with E-state index in [0.29, 0.717) is 11.1 Å². The van der Waals surface area contributed by atoms with Crippen molar-refractivity contribution in [3.05, 3.63) is 54.1 Å². The molecule has 1 saturated carbocycles. The van der Waals surface area contributed by atoms with Crippen molar-refractivity contribution in [3.8, 4) is 0 Å². The van der Waals surface area contributed by atoms with Crippen molar-refractivity contribution in [2.24, 2.45) is 11.3 Å². The van der Waals surface area contributed by atoms with Gasteiger partial charge in [-0.05, 0) is 55.4 Å². The summed E-state index contributed by atoms with van der Waals surface area (Å²) in [6, 6.07) is 6.63. The Hall–Kier alpha value is -3.89. The number of amides is 1. The number of pyridine rings is 1. The molecule has 1 aliphatic carbocycles. The number of aldehydes is 1. The first-order valence-electron chi connectivity index (χ1n) is 11.0. The summed E-state index contributed by atoms with van der Waals surface area (Å²) in [7, 11) is 0. The zero-order chi connectivity index (χ0) is 23.7. The number of hydrogen-bond acceptors (Lipinski definition) is 8. The maximum atomic E-state index is 13.3. The van der Waals surface area contributed by atoms with Gasteiger partial charge in [-0.25, -0.2) is 13.8 Å². The molecule has 34 heavy (non-hydrogen) atoms. The van der Waals surface area contributed by atoms with Crippen LogP contribution in [0, 0.1) is 23.0 Å². The second kappa shape index (κ2) is 8.81. The number of nitrogens with one attached hydrogen (secondary N) is 2. The average molecular weight is 468 g/mol. The Labute approximate surface area is 193 Å². The van der Waals surface area contributed by atoms with E-state index in [0.717, 1.165) is 63.0 Å². The molecular formula is C23H22F2N6O3. The minimum atomic E-state index is -1.03. The number of anilines is 4. The summed E-state index contributed by atoms with van der Waals surface area (Å²) in [5, 5.41) is 12.6. The number of rotatable bonds is 6. The first-order valence-corrected chi connectivity index (χ1v) is 11.0. The molecule has 0 atom stereocenters. The van der Waals surface area contributed by atoms with Gasteiger partial charge in [0.2, 0.25) is 0 Å². The number of aromatic nitrogens is 3. The van der Waals surface area contributed by atoms with E-state index in [4.69, 9.17) is 4.42 Å². The van der Waals surface area contributed by atoms with E-state index in [1.165, 1.54) is 6.07 Å². The van der Waals surface area contributed by atoms with Crippen LogP contribution < -0.4 is 15.5 Å². The van der Waals surface area contributed by atoms with Crippen molar-refractivity contribution in [2.45, 2.75) is 25.7 Å². The fourth-order valence-corrected chi connectivity index (χ4v) is 4.66. The molecule has 1 aliphatic heterocycles. The maximum absolute atomic E-state index is 13.3. The van der Waals surface area contributed by atoms with Crippen LogP contribution in [-0.2, 0) is 4.79 Å². The molecular weight excluding hydrogens is 446 g/mol. The van der Waals surface area contributed by atoms with Crippen LogP contribution in [0.5, 0.6) is 0 Å². The molecule has 1 saturated heterocycles. The van der Waals surface area contributed by atoms with Crippen LogP contribution in [0.1, 0.15) is 36.4 Å². The number of carbonyl (C=O) groups is 2. The zero-order valence-electron chi connectivity index (χ0n) is 18.1. The Balaban J connectivity index is 1.15. The van der Waals surface area contributed by atoms with Crippen LogP contribution >= 0.6 is 0 Å². The normalized spacial score (nSPS) is 17.3. The molecule has 2 N–H and O–H groups in total. The Morgan fingerprint density at radius 3 is 2.53 bits per heavy atom.